The maximum absolute atomic E-state index is 2.12. The molecular formula is C5H6Cl3Rh. The number of hydrogen-bond donors (Lipinski definition) is 0. The maximum atomic E-state index is 2.12. The Morgan fingerprint density at radius 3 is 1.22 bits per heavy atom. The van der Waals surface area contributed by atoms with Crippen LogP contribution in [0.25, 0.3) is 0 Å². The summed E-state index contributed by atoms with van der Waals surface area (Å²) in [6.07, 6.45) is 9.50. The van der Waals surface area contributed by atoms with Gasteiger partial charge < -0.3 is 37.2 Å². The molecule has 0 saturated carbocycles. The van der Waals surface area contributed by atoms with E-state index in [1.54, 1.807) is 0 Å². The summed E-state index contributed by atoms with van der Waals surface area (Å²) in [5, 5.41) is 0. The summed E-state index contributed by atoms with van der Waals surface area (Å²) < 4.78 is 0. The predicted molar refractivity (Wildman–Crippen MR) is 22.9 cm³/mol. The molecule has 0 amide bonds. The van der Waals surface area contributed by atoms with Crippen molar-refractivity contribution in [1.29, 1.82) is 0 Å². The van der Waals surface area contributed by atoms with Crippen molar-refractivity contribution >= 4 is 0 Å². The van der Waals surface area contributed by atoms with Crippen LogP contribution in [0.4, 0.5) is 0 Å². The third-order valence-electron chi connectivity index (χ3n) is 0.655. The summed E-state index contributed by atoms with van der Waals surface area (Å²) in [6, 6.07) is 0. The maximum Gasteiger partial charge on any atom is 3.00 e. The number of rotatable bonds is 0. The summed E-state index contributed by atoms with van der Waals surface area (Å²) in [5.41, 5.74) is 0. The minimum absolute atomic E-state index is 0. The molecule has 0 unspecified atom stereocenters. The van der Waals surface area contributed by atoms with Gasteiger partial charge in [-0.2, -0.15) is 0 Å². The third kappa shape index (κ3) is 12.2. The number of halogens is 3. The van der Waals surface area contributed by atoms with Gasteiger partial charge in [-0.25, -0.2) is 0 Å². The Labute approximate surface area is 87.2 Å². The smallest absolute Gasteiger partial charge is 1.00 e. The summed E-state index contributed by atoms with van der Waals surface area (Å²) in [7, 11) is 0. The van der Waals surface area contributed by atoms with Crippen molar-refractivity contribution < 1.29 is 56.7 Å². The molecular weight excluding hydrogens is 269 g/mol. The van der Waals surface area contributed by atoms with Gasteiger partial charge in [-0.15, -0.1) is 0 Å². The molecule has 0 aromatic rings. The van der Waals surface area contributed by atoms with Crippen LogP contribution in [0.3, 0.4) is 0 Å². The number of hydrogen-bond acceptors (Lipinski definition) is 0. The fourth-order valence-corrected chi connectivity index (χ4v) is 0.393. The molecule has 0 spiro atoms. The van der Waals surface area contributed by atoms with Crippen LogP contribution < -0.4 is 37.2 Å². The van der Waals surface area contributed by atoms with Gasteiger partial charge in [0.05, 0.1) is 0 Å². The second kappa shape index (κ2) is 16.0. The second-order valence-corrected chi connectivity index (χ2v) is 1.09. The fraction of sp³-hybridized carbons (Fsp3) is 0.200. The molecule has 1 aliphatic rings. The first-order chi connectivity index (χ1) is 2.50. The van der Waals surface area contributed by atoms with E-state index in [0.717, 1.165) is 6.42 Å². The molecule has 0 atom stereocenters. The molecule has 9 heavy (non-hydrogen) atoms. The van der Waals surface area contributed by atoms with E-state index in [1.165, 1.54) is 0 Å². The molecule has 56 valence electrons. The third-order valence-corrected chi connectivity index (χ3v) is 0.655. The zero-order valence-corrected chi connectivity index (χ0v) is 8.39. The largest absolute Gasteiger partial charge is 3.00 e. The Hall–Kier alpha value is 0.973. The topological polar surface area (TPSA) is 0 Å². The standard InChI is InChI=1S/C5H6.3ClH.Rh/c1-2-4-5-3-1;;;;/h1-4H,5H2;3*1H;/q;;;;+3/p-3. The second-order valence-electron chi connectivity index (χ2n) is 1.09. The quantitative estimate of drug-likeness (QED) is 0.385. The van der Waals surface area contributed by atoms with Gasteiger partial charge in [-0.3, -0.25) is 0 Å². The predicted octanol–water partition coefficient (Wildman–Crippen LogP) is -7.49. The van der Waals surface area contributed by atoms with E-state index in [1.807, 2.05) is 0 Å². The molecule has 0 fully saturated rings. The van der Waals surface area contributed by atoms with Gasteiger partial charge in [0.15, 0.2) is 0 Å². The first-order valence-corrected chi connectivity index (χ1v) is 1.82. The zero-order chi connectivity index (χ0) is 3.54. The van der Waals surface area contributed by atoms with Crippen LogP contribution in [-0.2, 0) is 19.5 Å². The Bertz CT molecular complexity index is 70.3. The van der Waals surface area contributed by atoms with Crippen molar-refractivity contribution in [3.8, 4) is 0 Å². The van der Waals surface area contributed by atoms with Crippen LogP contribution in [0.2, 0.25) is 0 Å². The summed E-state index contributed by atoms with van der Waals surface area (Å²) in [6.45, 7) is 0. The van der Waals surface area contributed by atoms with Gasteiger partial charge in [0.25, 0.3) is 0 Å². The molecule has 1 rings (SSSR count). The van der Waals surface area contributed by atoms with Crippen molar-refractivity contribution in [2.45, 2.75) is 6.42 Å². The van der Waals surface area contributed by atoms with E-state index >= 15 is 0 Å². The number of allylic oxidation sites excluding steroid dienone is 4. The Morgan fingerprint density at radius 1 is 0.778 bits per heavy atom. The van der Waals surface area contributed by atoms with Crippen LogP contribution in [0.5, 0.6) is 0 Å². The van der Waals surface area contributed by atoms with Crippen molar-refractivity contribution in [3.63, 3.8) is 0 Å². The van der Waals surface area contributed by atoms with E-state index in [2.05, 4.69) is 24.3 Å². The first kappa shape index (κ1) is 22.5. The van der Waals surface area contributed by atoms with Gasteiger partial charge >= 0.3 is 19.5 Å². The monoisotopic (exact) mass is 274 g/mol. The van der Waals surface area contributed by atoms with E-state index in [4.69, 9.17) is 0 Å². The summed E-state index contributed by atoms with van der Waals surface area (Å²) >= 11 is 0. The molecule has 0 N–H and O–H groups in total. The van der Waals surface area contributed by atoms with Crippen molar-refractivity contribution in [2.75, 3.05) is 0 Å². The van der Waals surface area contributed by atoms with E-state index in [9.17, 15) is 0 Å². The van der Waals surface area contributed by atoms with Crippen LogP contribution in [0, 0.1) is 0 Å². The molecule has 0 aromatic carbocycles. The molecule has 0 heterocycles. The van der Waals surface area contributed by atoms with Crippen LogP contribution in [-0.4, -0.2) is 0 Å². The van der Waals surface area contributed by atoms with Crippen LogP contribution in [0.1, 0.15) is 6.42 Å². The Morgan fingerprint density at radius 2 is 1.11 bits per heavy atom. The fourth-order valence-electron chi connectivity index (χ4n) is 0.393. The minimum atomic E-state index is 0. The summed E-state index contributed by atoms with van der Waals surface area (Å²) in [4.78, 5) is 0. The molecule has 1 aliphatic carbocycles. The van der Waals surface area contributed by atoms with Gasteiger partial charge in [0.2, 0.25) is 0 Å². The van der Waals surface area contributed by atoms with Crippen molar-refractivity contribution in [2.24, 2.45) is 0 Å². The average Bonchev–Trinajstić information content (AvgIpc) is 1.76. The first-order valence-electron chi connectivity index (χ1n) is 1.82. The average molecular weight is 275 g/mol. The van der Waals surface area contributed by atoms with Gasteiger partial charge in [0.1, 0.15) is 0 Å². The van der Waals surface area contributed by atoms with Gasteiger partial charge in [-0.05, 0) is 6.42 Å². The SMILES string of the molecule is C1=CCC=C1.[Cl-].[Cl-].[Cl-].[Rh+3]. The van der Waals surface area contributed by atoms with Gasteiger partial charge in [0, 0.05) is 0 Å². The molecule has 0 radical (unpaired) electrons. The normalized spacial score (nSPS) is 9.78. The molecule has 0 aliphatic heterocycles. The Kier molecular flexibility index (Phi) is 40.0. The van der Waals surface area contributed by atoms with Crippen molar-refractivity contribution in [3.05, 3.63) is 24.3 Å². The molecule has 0 nitrogen and oxygen atoms in total. The minimum Gasteiger partial charge on any atom is -1.00 e. The van der Waals surface area contributed by atoms with Crippen LogP contribution in [0.15, 0.2) is 24.3 Å². The van der Waals surface area contributed by atoms with E-state index in [-0.39, 0.29) is 56.7 Å². The van der Waals surface area contributed by atoms with Gasteiger partial charge in [-0.1, -0.05) is 24.3 Å². The molecule has 0 bridgehead atoms. The van der Waals surface area contributed by atoms with E-state index in [0.29, 0.717) is 0 Å². The zero-order valence-electron chi connectivity index (χ0n) is 4.48. The van der Waals surface area contributed by atoms with Crippen molar-refractivity contribution in [1.82, 2.24) is 0 Å². The molecule has 0 aromatic heterocycles. The van der Waals surface area contributed by atoms with Crippen LogP contribution >= 0.6 is 0 Å². The molecule has 4 heteroatoms. The summed E-state index contributed by atoms with van der Waals surface area (Å²) in [5.74, 6) is 0. The Balaban J connectivity index is -0.0000000312. The van der Waals surface area contributed by atoms with E-state index < -0.39 is 0 Å². The molecule has 0 saturated heterocycles.